The summed E-state index contributed by atoms with van der Waals surface area (Å²) in [4.78, 5) is 0.432. The highest BCUT2D eigenvalue weighted by molar-refractivity contribution is 8.00. The van der Waals surface area contributed by atoms with E-state index in [1.54, 1.807) is 0 Å². The second-order valence-electron chi connectivity index (χ2n) is 5.34. The quantitative estimate of drug-likeness (QED) is 0.804. The molecule has 0 amide bonds. The monoisotopic (exact) mass is 307 g/mol. The van der Waals surface area contributed by atoms with Crippen molar-refractivity contribution in [3.63, 3.8) is 0 Å². The van der Waals surface area contributed by atoms with E-state index in [0.29, 0.717) is 4.90 Å². The molecule has 0 saturated carbocycles. The van der Waals surface area contributed by atoms with Crippen LogP contribution in [0.3, 0.4) is 0 Å². The van der Waals surface area contributed by atoms with E-state index < -0.39 is 11.6 Å². The molecule has 1 nitrogen and oxygen atoms in total. The Morgan fingerprint density at radius 1 is 1.00 bits per heavy atom. The van der Waals surface area contributed by atoms with Crippen LogP contribution < -0.4 is 5.73 Å². The first-order chi connectivity index (χ1) is 9.99. The van der Waals surface area contributed by atoms with Crippen molar-refractivity contribution in [3.05, 3.63) is 65.7 Å². The van der Waals surface area contributed by atoms with Crippen molar-refractivity contribution in [1.82, 2.24) is 0 Å². The summed E-state index contributed by atoms with van der Waals surface area (Å²) in [6, 6.07) is 13.2. The summed E-state index contributed by atoms with van der Waals surface area (Å²) in [5.41, 5.74) is 7.37. The van der Waals surface area contributed by atoms with Crippen molar-refractivity contribution in [3.8, 4) is 0 Å². The number of nitrogens with two attached hydrogens (primary N) is 1. The number of benzene rings is 2. The van der Waals surface area contributed by atoms with Gasteiger partial charge in [-0.3, -0.25) is 0 Å². The molecular formula is C17H19F2NS. The Morgan fingerprint density at radius 3 is 2.24 bits per heavy atom. The predicted molar refractivity (Wildman–Crippen MR) is 84.2 cm³/mol. The van der Waals surface area contributed by atoms with Crippen LogP contribution in [0.5, 0.6) is 0 Å². The van der Waals surface area contributed by atoms with Crippen molar-refractivity contribution >= 4 is 11.8 Å². The summed E-state index contributed by atoms with van der Waals surface area (Å²) in [6.45, 7) is 4.11. The molecule has 2 atom stereocenters. The van der Waals surface area contributed by atoms with Gasteiger partial charge in [-0.1, -0.05) is 44.2 Å². The molecule has 2 unspecified atom stereocenters. The molecule has 0 heterocycles. The van der Waals surface area contributed by atoms with E-state index >= 15 is 0 Å². The number of rotatable bonds is 5. The average molecular weight is 307 g/mol. The Morgan fingerprint density at radius 2 is 1.67 bits per heavy atom. The molecule has 2 rings (SSSR count). The Balaban J connectivity index is 2.23. The van der Waals surface area contributed by atoms with Crippen LogP contribution >= 0.6 is 11.8 Å². The second kappa shape index (κ2) is 7.05. The maximum atomic E-state index is 13.8. The largest absolute Gasteiger partial charge is 0.323 e. The molecule has 21 heavy (non-hydrogen) atoms. The molecule has 0 radical (unpaired) electrons. The number of hydrogen-bond donors (Lipinski definition) is 1. The predicted octanol–water partition coefficient (Wildman–Crippen LogP) is 4.78. The van der Waals surface area contributed by atoms with Crippen molar-refractivity contribution < 1.29 is 8.78 Å². The van der Waals surface area contributed by atoms with Gasteiger partial charge in [0.05, 0.1) is 0 Å². The van der Waals surface area contributed by atoms with Gasteiger partial charge in [0.25, 0.3) is 0 Å². The minimum absolute atomic E-state index is 0.00682. The molecule has 0 aliphatic carbocycles. The SMILES string of the molecule is CC(C)C(Sc1ccc(F)cc1F)C(N)c1ccccc1. The molecular weight excluding hydrogens is 288 g/mol. The first-order valence-electron chi connectivity index (χ1n) is 6.91. The van der Waals surface area contributed by atoms with Crippen LogP contribution in [0.25, 0.3) is 0 Å². The third-order valence-electron chi connectivity index (χ3n) is 3.35. The lowest BCUT2D eigenvalue weighted by Gasteiger charge is -2.27. The van der Waals surface area contributed by atoms with E-state index in [1.165, 1.54) is 23.9 Å². The lowest BCUT2D eigenvalue weighted by Crippen LogP contribution is -2.28. The van der Waals surface area contributed by atoms with Gasteiger partial charge in [-0.2, -0.15) is 0 Å². The normalized spacial score (nSPS) is 14.2. The van der Waals surface area contributed by atoms with Gasteiger partial charge in [0.1, 0.15) is 11.6 Å². The van der Waals surface area contributed by atoms with Gasteiger partial charge in [-0.05, 0) is 23.6 Å². The van der Waals surface area contributed by atoms with E-state index in [2.05, 4.69) is 13.8 Å². The fourth-order valence-corrected chi connectivity index (χ4v) is 3.39. The van der Waals surface area contributed by atoms with E-state index in [0.717, 1.165) is 11.6 Å². The van der Waals surface area contributed by atoms with Gasteiger partial charge in [0, 0.05) is 22.3 Å². The van der Waals surface area contributed by atoms with Gasteiger partial charge in [0.2, 0.25) is 0 Å². The Bertz CT molecular complexity index is 587. The summed E-state index contributed by atoms with van der Waals surface area (Å²) in [5, 5.41) is 0.00682. The van der Waals surface area contributed by atoms with Crippen molar-refractivity contribution in [2.24, 2.45) is 11.7 Å². The zero-order chi connectivity index (χ0) is 15.4. The van der Waals surface area contributed by atoms with Gasteiger partial charge in [-0.15, -0.1) is 11.8 Å². The maximum absolute atomic E-state index is 13.8. The molecule has 2 aromatic rings. The zero-order valence-electron chi connectivity index (χ0n) is 12.1. The molecule has 0 aromatic heterocycles. The fraction of sp³-hybridized carbons (Fsp3) is 0.294. The second-order valence-corrected chi connectivity index (χ2v) is 6.56. The zero-order valence-corrected chi connectivity index (χ0v) is 12.9. The molecule has 0 saturated heterocycles. The maximum Gasteiger partial charge on any atom is 0.139 e. The molecule has 0 fully saturated rings. The average Bonchev–Trinajstić information content (AvgIpc) is 2.46. The van der Waals surface area contributed by atoms with E-state index in [-0.39, 0.29) is 17.2 Å². The summed E-state index contributed by atoms with van der Waals surface area (Å²) >= 11 is 1.37. The van der Waals surface area contributed by atoms with Crippen LogP contribution in [-0.2, 0) is 0 Å². The van der Waals surface area contributed by atoms with Crippen molar-refractivity contribution in [1.29, 1.82) is 0 Å². The number of halogens is 2. The highest BCUT2D eigenvalue weighted by Gasteiger charge is 2.25. The minimum Gasteiger partial charge on any atom is -0.323 e. The smallest absolute Gasteiger partial charge is 0.139 e. The Kier molecular flexibility index (Phi) is 5.37. The van der Waals surface area contributed by atoms with Gasteiger partial charge in [0.15, 0.2) is 0 Å². The highest BCUT2D eigenvalue weighted by Crippen LogP contribution is 2.36. The molecule has 2 N–H and O–H groups in total. The Labute approximate surface area is 128 Å². The molecule has 0 bridgehead atoms. The van der Waals surface area contributed by atoms with Crippen LogP contribution in [0.1, 0.15) is 25.5 Å². The van der Waals surface area contributed by atoms with Crippen LogP contribution in [0.2, 0.25) is 0 Å². The third-order valence-corrected chi connectivity index (χ3v) is 5.05. The van der Waals surface area contributed by atoms with E-state index in [9.17, 15) is 8.78 Å². The summed E-state index contributed by atoms with van der Waals surface area (Å²) < 4.78 is 26.8. The summed E-state index contributed by atoms with van der Waals surface area (Å²) in [5.74, 6) is -0.842. The molecule has 2 aromatic carbocycles. The van der Waals surface area contributed by atoms with Gasteiger partial charge < -0.3 is 5.73 Å². The molecule has 0 spiro atoms. The van der Waals surface area contributed by atoms with Crippen LogP contribution in [-0.4, -0.2) is 5.25 Å². The lowest BCUT2D eigenvalue weighted by molar-refractivity contribution is 0.524. The molecule has 0 aliphatic heterocycles. The van der Waals surface area contributed by atoms with Crippen LogP contribution in [0, 0.1) is 17.6 Å². The van der Waals surface area contributed by atoms with Crippen molar-refractivity contribution in [2.45, 2.75) is 30.0 Å². The first kappa shape index (κ1) is 16.0. The van der Waals surface area contributed by atoms with Crippen LogP contribution in [0.15, 0.2) is 53.4 Å². The first-order valence-corrected chi connectivity index (χ1v) is 7.79. The number of thioether (sulfide) groups is 1. The van der Waals surface area contributed by atoms with Crippen LogP contribution in [0.4, 0.5) is 8.78 Å². The van der Waals surface area contributed by atoms with Gasteiger partial charge in [-0.25, -0.2) is 8.78 Å². The Hall–Kier alpha value is -1.39. The van der Waals surface area contributed by atoms with E-state index in [1.807, 2.05) is 30.3 Å². The lowest BCUT2D eigenvalue weighted by atomic mass is 9.97. The topological polar surface area (TPSA) is 26.0 Å². The molecule has 4 heteroatoms. The third kappa shape index (κ3) is 4.05. The summed E-state index contributed by atoms with van der Waals surface area (Å²) in [6.07, 6.45) is 0. The standard InChI is InChI=1S/C17H19F2NS/c1-11(2)17(16(20)12-6-4-3-5-7-12)21-15-9-8-13(18)10-14(15)19/h3-11,16-17H,20H2,1-2H3. The van der Waals surface area contributed by atoms with E-state index in [4.69, 9.17) is 5.73 Å². The minimum atomic E-state index is -0.565. The number of hydrogen-bond acceptors (Lipinski definition) is 2. The van der Waals surface area contributed by atoms with Crippen molar-refractivity contribution in [2.75, 3.05) is 0 Å². The molecule has 0 aliphatic rings. The summed E-state index contributed by atoms with van der Waals surface area (Å²) in [7, 11) is 0. The molecule has 112 valence electrons. The fourth-order valence-electron chi connectivity index (χ4n) is 2.21. The van der Waals surface area contributed by atoms with Gasteiger partial charge >= 0.3 is 0 Å². The highest BCUT2D eigenvalue weighted by atomic mass is 32.2.